The number of amides is 2. The molecule has 0 spiro atoms. The molecule has 0 heterocycles. The average molecular weight is 705 g/mol. The van der Waals surface area contributed by atoms with Gasteiger partial charge in [-0.15, -0.1) is 0 Å². The highest BCUT2D eigenvalue weighted by Crippen LogP contribution is 2.38. The van der Waals surface area contributed by atoms with Crippen LogP contribution in [0.5, 0.6) is 0 Å². The lowest BCUT2D eigenvalue weighted by Crippen LogP contribution is -2.53. The summed E-state index contributed by atoms with van der Waals surface area (Å²) in [6, 6.07) is 13.1. The van der Waals surface area contributed by atoms with Gasteiger partial charge in [-0.2, -0.15) is 13.2 Å². The van der Waals surface area contributed by atoms with Gasteiger partial charge in [0.05, 0.1) is 21.2 Å². The SMILES string of the molecule is C[C@H](C(=O)NC1CCCCC1)N(Cc1c(Cl)cccc1Cl)C(=O)CN(c1ccc(Cl)c(C(F)(F)F)c1)S(=O)(=O)c1ccccc1. The lowest BCUT2D eigenvalue weighted by atomic mass is 9.95. The van der Waals surface area contributed by atoms with Crippen molar-refractivity contribution < 1.29 is 31.2 Å². The van der Waals surface area contributed by atoms with E-state index < -0.39 is 56.9 Å². The summed E-state index contributed by atoms with van der Waals surface area (Å²) in [6.45, 7) is 0.268. The molecule has 3 aromatic carbocycles. The van der Waals surface area contributed by atoms with E-state index in [1.165, 1.54) is 31.2 Å². The first-order chi connectivity index (χ1) is 21.2. The smallest absolute Gasteiger partial charge is 0.352 e. The molecule has 242 valence electrons. The topological polar surface area (TPSA) is 86.8 Å². The van der Waals surface area contributed by atoms with Gasteiger partial charge in [0, 0.05) is 28.2 Å². The van der Waals surface area contributed by atoms with Crippen LogP contribution in [-0.2, 0) is 32.3 Å². The Balaban J connectivity index is 1.77. The van der Waals surface area contributed by atoms with Crippen molar-refractivity contribution >= 4 is 62.3 Å². The summed E-state index contributed by atoms with van der Waals surface area (Å²) < 4.78 is 69.8. The molecule has 0 unspecified atom stereocenters. The van der Waals surface area contributed by atoms with Crippen molar-refractivity contribution in [2.45, 2.75) is 68.7 Å². The Morgan fingerprint density at radius 2 is 1.53 bits per heavy atom. The van der Waals surface area contributed by atoms with Crippen LogP contribution in [0, 0.1) is 0 Å². The third kappa shape index (κ3) is 8.44. The van der Waals surface area contributed by atoms with Crippen molar-refractivity contribution in [1.82, 2.24) is 10.2 Å². The lowest BCUT2D eigenvalue weighted by molar-refractivity contribution is -0.139. The molecule has 1 saturated carbocycles. The zero-order valence-corrected chi connectivity index (χ0v) is 27.2. The number of halogens is 6. The van der Waals surface area contributed by atoms with Gasteiger partial charge >= 0.3 is 6.18 Å². The Morgan fingerprint density at radius 1 is 0.911 bits per heavy atom. The number of hydrogen-bond donors (Lipinski definition) is 1. The van der Waals surface area contributed by atoms with E-state index in [0.29, 0.717) is 15.9 Å². The average Bonchev–Trinajstić information content (AvgIpc) is 3.00. The van der Waals surface area contributed by atoms with Gasteiger partial charge in [0.15, 0.2) is 0 Å². The summed E-state index contributed by atoms with van der Waals surface area (Å²) in [5.74, 6) is -1.35. The predicted octanol–water partition coefficient (Wildman–Crippen LogP) is 7.73. The maximum absolute atomic E-state index is 14.1. The zero-order valence-electron chi connectivity index (χ0n) is 24.2. The fourth-order valence-electron chi connectivity index (χ4n) is 5.14. The van der Waals surface area contributed by atoms with Gasteiger partial charge in [0.25, 0.3) is 10.0 Å². The second kappa shape index (κ2) is 14.6. The molecule has 0 saturated heterocycles. The van der Waals surface area contributed by atoms with Crippen LogP contribution >= 0.6 is 34.8 Å². The van der Waals surface area contributed by atoms with Crippen molar-refractivity contribution in [1.29, 1.82) is 0 Å². The quantitative estimate of drug-likeness (QED) is 0.234. The van der Waals surface area contributed by atoms with Crippen LogP contribution in [0.2, 0.25) is 15.1 Å². The highest BCUT2D eigenvalue weighted by Gasteiger charge is 2.37. The maximum Gasteiger partial charge on any atom is 0.417 e. The fourth-order valence-corrected chi connectivity index (χ4v) is 7.31. The molecule has 0 aliphatic heterocycles. The molecule has 1 fully saturated rings. The molecular formula is C31H31Cl3F3N3O4S. The summed E-state index contributed by atoms with van der Waals surface area (Å²) in [5.41, 5.74) is -1.41. The first kappa shape index (κ1) is 34.9. The molecule has 2 amide bonds. The van der Waals surface area contributed by atoms with Gasteiger partial charge in [0.1, 0.15) is 12.6 Å². The normalized spacial score (nSPS) is 14.9. The van der Waals surface area contributed by atoms with Crippen LogP contribution in [0.25, 0.3) is 0 Å². The van der Waals surface area contributed by atoms with Gasteiger partial charge in [-0.1, -0.05) is 78.3 Å². The van der Waals surface area contributed by atoms with Crippen molar-refractivity contribution in [3.8, 4) is 0 Å². The van der Waals surface area contributed by atoms with Gasteiger partial charge in [-0.05, 0) is 62.2 Å². The zero-order chi connectivity index (χ0) is 32.9. The molecule has 3 aromatic rings. The number of carbonyl (C=O) groups is 2. The van der Waals surface area contributed by atoms with Gasteiger partial charge < -0.3 is 10.2 Å². The standard InChI is InChI=1S/C31H31Cl3F3N3O4S/c1-20(30(42)38-21-9-4-2-5-10-21)39(18-24-26(32)13-8-14-27(24)33)29(41)19-40(45(43,44)23-11-6-3-7-12-23)22-15-16-28(34)25(17-22)31(35,36)37/h3,6-8,11-17,20-21H,2,4-5,9-10,18-19H2,1H3,(H,38,42)/t20-/m1/s1. The summed E-state index contributed by atoms with van der Waals surface area (Å²) in [7, 11) is -4.59. The number of anilines is 1. The van der Waals surface area contributed by atoms with Crippen LogP contribution in [0.3, 0.4) is 0 Å². The summed E-state index contributed by atoms with van der Waals surface area (Å²) in [5, 5.41) is 2.75. The van der Waals surface area contributed by atoms with Crippen molar-refractivity contribution in [3.63, 3.8) is 0 Å². The lowest BCUT2D eigenvalue weighted by Gasteiger charge is -2.33. The molecule has 0 bridgehead atoms. The molecule has 0 aromatic heterocycles. The number of carbonyl (C=O) groups excluding carboxylic acids is 2. The number of benzene rings is 3. The largest absolute Gasteiger partial charge is 0.417 e. The summed E-state index contributed by atoms with van der Waals surface area (Å²) in [4.78, 5) is 28.4. The highest BCUT2D eigenvalue weighted by atomic mass is 35.5. The Bertz CT molecular complexity index is 1620. The maximum atomic E-state index is 14.1. The van der Waals surface area contributed by atoms with E-state index >= 15 is 0 Å². The molecule has 1 N–H and O–H groups in total. The number of sulfonamides is 1. The Labute approximate surface area is 275 Å². The molecule has 0 radical (unpaired) electrons. The van der Waals surface area contributed by atoms with Crippen molar-refractivity contribution in [3.05, 3.63) is 92.9 Å². The third-order valence-electron chi connectivity index (χ3n) is 7.66. The minimum absolute atomic E-state index is 0.0839. The summed E-state index contributed by atoms with van der Waals surface area (Å²) >= 11 is 18.6. The fraction of sp³-hybridized carbons (Fsp3) is 0.355. The molecule has 1 aliphatic carbocycles. The first-order valence-electron chi connectivity index (χ1n) is 14.2. The minimum atomic E-state index is -4.90. The van der Waals surface area contributed by atoms with Crippen molar-refractivity contribution in [2.24, 2.45) is 0 Å². The molecule has 14 heteroatoms. The van der Waals surface area contributed by atoms with E-state index in [0.717, 1.165) is 49.1 Å². The Kier molecular flexibility index (Phi) is 11.3. The van der Waals surface area contributed by atoms with Gasteiger partial charge in [0.2, 0.25) is 11.8 Å². The van der Waals surface area contributed by atoms with E-state index in [2.05, 4.69) is 5.32 Å². The monoisotopic (exact) mass is 703 g/mol. The molecular weight excluding hydrogens is 674 g/mol. The predicted molar refractivity (Wildman–Crippen MR) is 169 cm³/mol. The van der Waals surface area contributed by atoms with Crippen molar-refractivity contribution in [2.75, 3.05) is 10.8 Å². The Morgan fingerprint density at radius 3 is 2.13 bits per heavy atom. The second-order valence-corrected chi connectivity index (χ2v) is 13.8. The number of nitrogens with zero attached hydrogens (tertiary/aromatic N) is 2. The second-order valence-electron chi connectivity index (χ2n) is 10.7. The first-order valence-corrected chi connectivity index (χ1v) is 16.7. The highest BCUT2D eigenvalue weighted by molar-refractivity contribution is 7.92. The molecule has 45 heavy (non-hydrogen) atoms. The van der Waals surface area contributed by atoms with Crippen LogP contribution in [0.1, 0.15) is 50.2 Å². The van der Waals surface area contributed by atoms with E-state index in [9.17, 15) is 31.2 Å². The van der Waals surface area contributed by atoms with E-state index in [1.807, 2.05) is 0 Å². The number of alkyl halides is 3. The van der Waals surface area contributed by atoms with Crippen LogP contribution in [0.15, 0.2) is 71.6 Å². The van der Waals surface area contributed by atoms with Crippen LogP contribution in [-0.4, -0.2) is 43.8 Å². The minimum Gasteiger partial charge on any atom is -0.352 e. The van der Waals surface area contributed by atoms with E-state index in [4.69, 9.17) is 34.8 Å². The van der Waals surface area contributed by atoms with Crippen LogP contribution < -0.4 is 9.62 Å². The number of nitrogens with one attached hydrogen (secondary N) is 1. The van der Waals surface area contributed by atoms with Gasteiger partial charge in [-0.3, -0.25) is 13.9 Å². The molecule has 1 atom stereocenters. The van der Waals surface area contributed by atoms with Crippen LogP contribution in [0.4, 0.5) is 18.9 Å². The summed E-state index contributed by atoms with van der Waals surface area (Å²) in [6.07, 6.45) is -0.384. The Hall–Kier alpha value is -2.99. The number of hydrogen-bond acceptors (Lipinski definition) is 4. The van der Waals surface area contributed by atoms with E-state index in [1.54, 1.807) is 24.3 Å². The third-order valence-corrected chi connectivity index (χ3v) is 10.5. The van der Waals surface area contributed by atoms with Gasteiger partial charge in [-0.25, -0.2) is 8.42 Å². The molecule has 7 nitrogen and oxygen atoms in total. The molecule has 1 aliphatic rings. The molecule has 4 rings (SSSR count). The van der Waals surface area contributed by atoms with E-state index in [-0.39, 0.29) is 27.5 Å². The number of rotatable bonds is 10.